The Hall–Kier alpha value is -3.41. The van der Waals surface area contributed by atoms with Crippen molar-refractivity contribution in [2.45, 2.75) is 32.9 Å². The minimum atomic E-state index is -0.716. The van der Waals surface area contributed by atoms with Crippen LogP contribution in [0, 0.1) is 5.92 Å². The van der Waals surface area contributed by atoms with Gasteiger partial charge >= 0.3 is 0 Å². The third-order valence-corrected chi connectivity index (χ3v) is 4.73. The summed E-state index contributed by atoms with van der Waals surface area (Å²) < 4.78 is 1.78. The van der Waals surface area contributed by atoms with Crippen molar-refractivity contribution in [2.75, 3.05) is 7.05 Å². The van der Waals surface area contributed by atoms with Crippen molar-refractivity contribution in [3.05, 3.63) is 84.2 Å². The number of amides is 2. The molecular formula is C24H28N4O2. The molecule has 0 radical (unpaired) electrons. The molecule has 2 aromatic carbocycles. The fraction of sp³-hybridized carbons (Fsp3) is 0.292. The van der Waals surface area contributed by atoms with E-state index in [-0.39, 0.29) is 17.7 Å². The first-order chi connectivity index (χ1) is 14.4. The molecule has 0 fully saturated rings. The van der Waals surface area contributed by atoms with Gasteiger partial charge in [0.05, 0.1) is 11.9 Å². The van der Waals surface area contributed by atoms with Gasteiger partial charge in [0.15, 0.2) is 0 Å². The van der Waals surface area contributed by atoms with Crippen molar-refractivity contribution in [3.63, 3.8) is 0 Å². The molecule has 3 rings (SSSR count). The predicted molar refractivity (Wildman–Crippen MR) is 117 cm³/mol. The topological polar surface area (TPSA) is 67.2 Å². The van der Waals surface area contributed by atoms with Crippen LogP contribution in [-0.4, -0.2) is 33.5 Å². The number of nitrogens with zero attached hydrogens (tertiary/aromatic N) is 3. The van der Waals surface area contributed by atoms with Crippen molar-refractivity contribution in [2.24, 2.45) is 5.92 Å². The van der Waals surface area contributed by atoms with E-state index in [0.29, 0.717) is 13.0 Å². The molecule has 0 spiro atoms. The minimum absolute atomic E-state index is 0.127. The van der Waals surface area contributed by atoms with Crippen LogP contribution in [0.4, 0.5) is 0 Å². The molecule has 1 N–H and O–H groups in total. The maximum absolute atomic E-state index is 13.2. The first-order valence-corrected chi connectivity index (χ1v) is 10.1. The molecule has 1 atom stereocenters. The Labute approximate surface area is 177 Å². The van der Waals surface area contributed by atoms with E-state index in [0.717, 1.165) is 16.8 Å². The number of para-hydroxylation sites is 1. The van der Waals surface area contributed by atoms with Crippen molar-refractivity contribution >= 4 is 11.8 Å². The van der Waals surface area contributed by atoms with Gasteiger partial charge in [-0.2, -0.15) is 5.10 Å². The molecule has 6 nitrogen and oxygen atoms in total. The SMILES string of the molecule is CC(C)CC(=O)NC(C(=O)N(C)Cc1cnn(-c2ccccc2)c1)c1ccccc1. The van der Waals surface area contributed by atoms with Gasteiger partial charge in [-0.1, -0.05) is 62.4 Å². The Morgan fingerprint density at radius 2 is 1.67 bits per heavy atom. The Morgan fingerprint density at radius 1 is 1.03 bits per heavy atom. The highest BCUT2D eigenvalue weighted by Crippen LogP contribution is 2.18. The Morgan fingerprint density at radius 3 is 2.30 bits per heavy atom. The van der Waals surface area contributed by atoms with Crippen LogP contribution in [-0.2, 0) is 16.1 Å². The number of hydrogen-bond acceptors (Lipinski definition) is 3. The molecular weight excluding hydrogens is 376 g/mol. The zero-order valence-corrected chi connectivity index (χ0v) is 17.7. The molecule has 1 aromatic heterocycles. The highest BCUT2D eigenvalue weighted by Gasteiger charge is 2.26. The lowest BCUT2D eigenvalue weighted by atomic mass is 10.0. The van der Waals surface area contributed by atoms with Gasteiger partial charge in [0.25, 0.3) is 0 Å². The number of benzene rings is 2. The van der Waals surface area contributed by atoms with Crippen LogP contribution in [0.25, 0.3) is 5.69 Å². The van der Waals surface area contributed by atoms with E-state index in [4.69, 9.17) is 0 Å². The summed E-state index contributed by atoms with van der Waals surface area (Å²) in [5.41, 5.74) is 2.64. The van der Waals surface area contributed by atoms with Crippen LogP contribution < -0.4 is 5.32 Å². The molecule has 0 saturated heterocycles. The lowest BCUT2D eigenvalue weighted by molar-refractivity contribution is -0.136. The second-order valence-electron chi connectivity index (χ2n) is 7.83. The average Bonchev–Trinajstić information content (AvgIpc) is 3.21. The minimum Gasteiger partial charge on any atom is -0.341 e. The average molecular weight is 405 g/mol. The smallest absolute Gasteiger partial charge is 0.249 e. The van der Waals surface area contributed by atoms with Gasteiger partial charge in [-0.25, -0.2) is 4.68 Å². The lowest BCUT2D eigenvalue weighted by Crippen LogP contribution is -2.41. The summed E-state index contributed by atoms with van der Waals surface area (Å²) in [6.07, 6.45) is 4.05. The van der Waals surface area contributed by atoms with Crippen molar-refractivity contribution in [3.8, 4) is 5.69 Å². The van der Waals surface area contributed by atoms with Crippen LogP contribution in [0.5, 0.6) is 0 Å². The number of nitrogens with one attached hydrogen (secondary N) is 1. The number of aromatic nitrogens is 2. The van der Waals surface area contributed by atoms with Crippen LogP contribution in [0.3, 0.4) is 0 Å². The van der Waals surface area contributed by atoms with Crippen LogP contribution >= 0.6 is 0 Å². The molecule has 2 amide bonds. The van der Waals surface area contributed by atoms with Crippen molar-refractivity contribution in [1.82, 2.24) is 20.0 Å². The Balaban J connectivity index is 1.74. The molecule has 6 heteroatoms. The summed E-state index contributed by atoms with van der Waals surface area (Å²) in [4.78, 5) is 27.2. The Kier molecular flexibility index (Phi) is 7.01. The molecule has 1 heterocycles. The normalized spacial score (nSPS) is 11.9. The van der Waals surface area contributed by atoms with Gasteiger partial charge in [-0.15, -0.1) is 0 Å². The maximum atomic E-state index is 13.2. The van der Waals surface area contributed by atoms with E-state index in [1.165, 1.54) is 0 Å². The van der Waals surface area contributed by atoms with Gasteiger partial charge in [0, 0.05) is 31.8 Å². The van der Waals surface area contributed by atoms with Crippen molar-refractivity contribution in [1.29, 1.82) is 0 Å². The molecule has 0 bridgehead atoms. The molecule has 0 aliphatic carbocycles. The van der Waals surface area contributed by atoms with E-state index in [1.807, 2.05) is 80.7 Å². The van der Waals surface area contributed by atoms with Crippen molar-refractivity contribution < 1.29 is 9.59 Å². The molecule has 3 aromatic rings. The summed E-state index contributed by atoms with van der Waals surface area (Å²) >= 11 is 0. The quantitative estimate of drug-likeness (QED) is 0.622. The predicted octanol–water partition coefficient (Wildman–Crippen LogP) is 3.73. The zero-order chi connectivity index (χ0) is 21.5. The van der Waals surface area contributed by atoms with Gasteiger partial charge < -0.3 is 10.2 Å². The zero-order valence-electron chi connectivity index (χ0n) is 17.7. The summed E-state index contributed by atoms with van der Waals surface area (Å²) in [6, 6.07) is 18.4. The standard InChI is InChI=1S/C24H28N4O2/c1-18(2)14-22(29)26-23(20-10-6-4-7-11-20)24(30)27(3)16-19-15-25-28(17-19)21-12-8-5-9-13-21/h4-13,15,17-18,23H,14,16H2,1-3H3,(H,26,29). The lowest BCUT2D eigenvalue weighted by Gasteiger charge is -2.25. The van der Waals surface area contributed by atoms with E-state index in [9.17, 15) is 9.59 Å². The van der Waals surface area contributed by atoms with Gasteiger partial charge in [0.1, 0.15) is 6.04 Å². The molecule has 0 aliphatic heterocycles. The first kappa shape index (κ1) is 21.3. The van der Waals surface area contributed by atoms with E-state index >= 15 is 0 Å². The van der Waals surface area contributed by atoms with Crippen LogP contribution in [0.15, 0.2) is 73.1 Å². The summed E-state index contributed by atoms with van der Waals surface area (Å²) in [7, 11) is 1.74. The van der Waals surface area contributed by atoms with E-state index in [2.05, 4.69) is 10.4 Å². The molecule has 1 unspecified atom stereocenters. The fourth-order valence-corrected chi connectivity index (χ4v) is 3.26. The molecule has 156 valence electrons. The maximum Gasteiger partial charge on any atom is 0.249 e. The fourth-order valence-electron chi connectivity index (χ4n) is 3.26. The van der Waals surface area contributed by atoms with E-state index in [1.54, 1.807) is 22.8 Å². The largest absolute Gasteiger partial charge is 0.341 e. The highest BCUT2D eigenvalue weighted by atomic mass is 16.2. The highest BCUT2D eigenvalue weighted by molar-refractivity contribution is 5.88. The first-order valence-electron chi connectivity index (χ1n) is 10.1. The Bertz CT molecular complexity index is 967. The third-order valence-electron chi connectivity index (χ3n) is 4.73. The van der Waals surface area contributed by atoms with Gasteiger partial charge in [0.2, 0.25) is 11.8 Å². The van der Waals surface area contributed by atoms with E-state index < -0.39 is 6.04 Å². The summed E-state index contributed by atoms with van der Waals surface area (Å²) in [6.45, 7) is 4.36. The molecule has 30 heavy (non-hydrogen) atoms. The van der Waals surface area contributed by atoms with Crippen LogP contribution in [0.1, 0.15) is 37.4 Å². The number of rotatable bonds is 8. The number of carbonyl (C=O) groups excluding carboxylic acids is 2. The molecule has 0 saturated carbocycles. The summed E-state index contributed by atoms with van der Waals surface area (Å²) in [5, 5.41) is 7.30. The van der Waals surface area contributed by atoms with Gasteiger partial charge in [-0.05, 0) is 23.6 Å². The number of carbonyl (C=O) groups is 2. The number of likely N-dealkylation sites (N-methyl/N-ethyl adjacent to an activating group) is 1. The second kappa shape index (κ2) is 9.87. The summed E-state index contributed by atoms with van der Waals surface area (Å²) in [5.74, 6) is -0.0682. The number of hydrogen-bond donors (Lipinski definition) is 1. The second-order valence-corrected chi connectivity index (χ2v) is 7.83. The third kappa shape index (κ3) is 5.56. The monoisotopic (exact) mass is 404 g/mol. The molecule has 0 aliphatic rings. The van der Waals surface area contributed by atoms with Gasteiger partial charge in [-0.3, -0.25) is 9.59 Å². The van der Waals surface area contributed by atoms with Crippen LogP contribution in [0.2, 0.25) is 0 Å².